The molecule has 4 atom stereocenters. The van der Waals surface area contributed by atoms with Crippen LogP contribution in [-0.2, 0) is 17.8 Å². The largest absolute Gasteiger partial charge is 0.497 e. The first-order valence-corrected chi connectivity index (χ1v) is 12.7. The van der Waals surface area contributed by atoms with E-state index < -0.39 is 17.3 Å². The molecule has 6 heteroatoms. The van der Waals surface area contributed by atoms with Crippen LogP contribution in [-0.4, -0.2) is 30.5 Å². The Morgan fingerprint density at radius 1 is 0.842 bits per heavy atom. The first-order chi connectivity index (χ1) is 18.5. The molecule has 0 unspecified atom stereocenters. The monoisotopic (exact) mass is 510 g/mol. The highest BCUT2D eigenvalue weighted by molar-refractivity contribution is 5.62. The molecule has 0 bridgehead atoms. The maximum atomic E-state index is 12.6. The summed E-state index contributed by atoms with van der Waals surface area (Å²) in [6, 6.07) is 30.7. The first kappa shape index (κ1) is 24.3. The minimum absolute atomic E-state index is 0.307. The molecule has 1 aliphatic heterocycles. The number of rotatable bonds is 7. The van der Waals surface area contributed by atoms with E-state index in [9.17, 15) is 10.2 Å². The highest BCUT2D eigenvalue weighted by Crippen LogP contribution is 2.68. The molecular formula is C32H30O6. The van der Waals surface area contributed by atoms with Gasteiger partial charge in [0.15, 0.2) is 11.2 Å². The van der Waals surface area contributed by atoms with Gasteiger partial charge in [-0.1, -0.05) is 72.8 Å². The lowest BCUT2D eigenvalue weighted by molar-refractivity contribution is -0.150. The van der Waals surface area contributed by atoms with Crippen LogP contribution in [0, 0.1) is 0 Å². The van der Waals surface area contributed by atoms with Crippen molar-refractivity contribution in [3.63, 3.8) is 0 Å². The molecule has 1 saturated carbocycles. The van der Waals surface area contributed by atoms with Gasteiger partial charge in [-0.2, -0.15) is 0 Å². The lowest BCUT2D eigenvalue weighted by atomic mass is 9.71. The van der Waals surface area contributed by atoms with Gasteiger partial charge < -0.3 is 29.2 Å². The Balaban J connectivity index is 1.50. The fourth-order valence-electron chi connectivity index (χ4n) is 6.13. The van der Waals surface area contributed by atoms with E-state index in [0.717, 1.165) is 16.7 Å². The number of ether oxygens (including phenoxy) is 4. The molecule has 0 spiro atoms. The molecule has 0 radical (unpaired) electrons. The van der Waals surface area contributed by atoms with Crippen LogP contribution < -0.4 is 18.9 Å². The molecule has 2 aliphatic rings. The van der Waals surface area contributed by atoms with Crippen molar-refractivity contribution in [2.75, 3.05) is 14.2 Å². The maximum absolute atomic E-state index is 12.6. The maximum Gasteiger partial charge on any atom is 0.176 e. The van der Waals surface area contributed by atoms with Crippen molar-refractivity contribution in [3.8, 4) is 23.0 Å². The third kappa shape index (κ3) is 3.56. The van der Waals surface area contributed by atoms with E-state index in [4.69, 9.17) is 18.9 Å². The zero-order chi connectivity index (χ0) is 26.3. The van der Waals surface area contributed by atoms with E-state index in [0.29, 0.717) is 41.6 Å². The second-order valence-corrected chi connectivity index (χ2v) is 9.82. The lowest BCUT2D eigenvalue weighted by Crippen LogP contribution is -2.52. The standard InChI is InChI=1S/C32H30O6/c1-35-24-15-13-23(14-16-24)32-26(22-11-7-4-8-12-22)19-29(33)31(32,34)30-27(36-2)17-25(18-28(30)38-32)37-20-21-9-5-3-6-10-21/h3-18,26,29,33-34H,19-20H2,1-2H3/t26-,29+,31+,32-/m0/s1. The van der Waals surface area contributed by atoms with Crippen molar-refractivity contribution >= 4 is 0 Å². The molecule has 0 saturated heterocycles. The van der Waals surface area contributed by atoms with Crippen LogP contribution in [0.2, 0.25) is 0 Å². The van der Waals surface area contributed by atoms with Gasteiger partial charge in [0, 0.05) is 18.1 Å². The molecule has 4 aromatic carbocycles. The summed E-state index contributed by atoms with van der Waals surface area (Å²) < 4.78 is 24.1. The summed E-state index contributed by atoms with van der Waals surface area (Å²) in [6.45, 7) is 0.367. The average molecular weight is 511 g/mol. The summed E-state index contributed by atoms with van der Waals surface area (Å²) in [6.07, 6.45) is -0.803. The molecule has 6 rings (SSSR count). The third-order valence-corrected chi connectivity index (χ3v) is 7.88. The number of aliphatic hydroxyl groups excluding tert-OH is 1. The zero-order valence-corrected chi connectivity index (χ0v) is 21.3. The Labute approximate surface area is 222 Å². The van der Waals surface area contributed by atoms with E-state index in [2.05, 4.69) is 0 Å². The van der Waals surface area contributed by atoms with Gasteiger partial charge in [0.1, 0.15) is 29.6 Å². The smallest absolute Gasteiger partial charge is 0.176 e. The highest BCUT2D eigenvalue weighted by atomic mass is 16.5. The number of benzene rings is 4. The van der Waals surface area contributed by atoms with E-state index in [-0.39, 0.29) is 5.92 Å². The molecular weight excluding hydrogens is 480 g/mol. The predicted molar refractivity (Wildman–Crippen MR) is 143 cm³/mol. The Morgan fingerprint density at radius 3 is 2.18 bits per heavy atom. The number of hydrogen-bond acceptors (Lipinski definition) is 6. The van der Waals surface area contributed by atoms with Crippen LogP contribution in [0.15, 0.2) is 97.1 Å². The molecule has 4 aromatic rings. The Bertz CT molecular complexity index is 1420. The van der Waals surface area contributed by atoms with Gasteiger partial charge in [0.2, 0.25) is 0 Å². The SMILES string of the molecule is COc1ccc([C@@]23Oc4cc(OCc5ccccc5)cc(OC)c4[C@]2(O)[C@H](O)C[C@H]3c2ccccc2)cc1. The van der Waals surface area contributed by atoms with Crippen molar-refractivity contribution in [1.29, 1.82) is 0 Å². The van der Waals surface area contributed by atoms with Crippen LogP contribution in [0.4, 0.5) is 0 Å². The van der Waals surface area contributed by atoms with Gasteiger partial charge in [0.25, 0.3) is 0 Å². The second kappa shape index (κ2) is 9.39. The summed E-state index contributed by atoms with van der Waals surface area (Å²) in [5.74, 6) is 1.71. The van der Waals surface area contributed by atoms with Crippen LogP contribution in [0.25, 0.3) is 0 Å². The molecule has 2 N–H and O–H groups in total. The summed E-state index contributed by atoms with van der Waals surface area (Å²) >= 11 is 0. The number of aliphatic hydroxyl groups is 2. The van der Waals surface area contributed by atoms with Crippen molar-refractivity contribution in [2.45, 2.75) is 36.3 Å². The van der Waals surface area contributed by atoms with Gasteiger partial charge in [0.05, 0.1) is 25.9 Å². The Kier molecular flexibility index (Phi) is 6.01. The van der Waals surface area contributed by atoms with Gasteiger partial charge >= 0.3 is 0 Å². The molecule has 1 aliphatic carbocycles. The molecule has 0 aromatic heterocycles. The molecule has 38 heavy (non-hydrogen) atoms. The number of methoxy groups -OCH3 is 2. The highest BCUT2D eigenvalue weighted by Gasteiger charge is 2.73. The zero-order valence-electron chi connectivity index (χ0n) is 21.3. The van der Waals surface area contributed by atoms with Crippen molar-refractivity contribution in [2.24, 2.45) is 0 Å². The molecule has 194 valence electrons. The Hall–Kier alpha value is -4.00. The van der Waals surface area contributed by atoms with E-state index in [1.165, 1.54) is 0 Å². The topological polar surface area (TPSA) is 77.4 Å². The van der Waals surface area contributed by atoms with Crippen LogP contribution in [0.5, 0.6) is 23.0 Å². The lowest BCUT2D eigenvalue weighted by Gasteiger charge is -2.40. The average Bonchev–Trinajstić information content (AvgIpc) is 3.37. The second-order valence-electron chi connectivity index (χ2n) is 9.82. The van der Waals surface area contributed by atoms with Crippen LogP contribution in [0.1, 0.15) is 34.6 Å². The normalized spacial score (nSPS) is 25.3. The van der Waals surface area contributed by atoms with Crippen molar-refractivity contribution in [3.05, 3.63) is 119 Å². The molecule has 0 amide bonds. The first-order valence-electron chi connectivity index (χ1n) is 12.7. The van der Waals surface area contributed by atoms with Gasteiger partial charge in [-0.3, -0.25) is 0 Å². The Morgan fingerprint density at radius 2 is 1.53 bits per heavy atom. The summed E-state index contributed by atoms with van der Waals surface area (Å²) in [5, 5.41) is 24.2. The molecule has 6 nitrogen and oxygen atoms in total. The third-order valence-electron chi connectivity index (χ3n) is 7.88. The van der Waals surface area contributed by atoms with Crippen LogP contribution >= 0.6 is 0 Å². The van der Waals surface area contributed by atoms with E-state index in [1.807, 2.05) is 84.9 Å². The number of hydrogen-bond donors (Lipinski definition) is 2. The fraction of sp³-hybridized carbons (Fsp3) is 0.250. The molecule has 1 heterocycles. The summed E-state index contributed by atoms with van der Waals surface area (Å²) in [5.41, 5.74) is 0.0577. The predicted octanol–water partition coefficient (Wildman–Crippen LogP) is 5.31. The van der Waals surface area contributed by atoms with E-state index in [1.54, 1.807) is 26.4 Å². The summed E-state index contributed by atoms with van der Waals surface area (Å²) in [4.78, 5) is 0. The number of fused-ring (bicyclic) bond motifs is 3. The molecule has 1 fully saturated rings. The van der Waals surface area contributed by atoms with Gasteiger partial charge in [-0.05, 0) is 35.2 Å². The van der Waals surface area contributed by atoms with Crippen molar-refractivity contribution in [1.82, 2.24) is 0 Å². The summed E-state index contributed by atoms with van der Waals surface area (Å²) in [7, 11) is 3.16. The quantitative estimate of drug-likeness (QED) is 0.351. The minimum Gasteiger partial charge on any atom is -0.497 e. The fourth-order valence-corrected chi connectivity index (χ4v) is 6.13. The van der Waals surface area contributed by atoms with Gasteiger partial charge in [-0.25, -0.2) is 0 Å². The minimum atomic E-state index is -1.78. The van der Waals surface area contributed by atoms with Gasteiger partial charge in [-0.15, -0.1) is 0 Å². The van der Waals surface area contributed by atoms with E-state index >= 15 is 0 Å². The van der Waals surface area contributed by atoms with Crippen molar-refractivity contribution < 1.29 is 29.2 Å². The van der Waals surface area contributed by atoms with Crippen LogP contribution in [0.3, 0.4) is 0 Å².